The van der Waals surface area contributed by atoms with E-state index in [1.165, 1.54) is 11.3 Å². The van der Waals surface area contributed by atoms with Crippen molar-refractivity contribution in [1.29, 1.82) is 0 Å². The molecule has 0 bridgehead atoms. The SMILES string of the molecule is CCOC(=O)C(Cc1ccc(OCCCc2ccc(-c3nccc(C(F)(F)F)n3)s2)cc1)OCC. The molecule has 1 aromatic carbocycles. The predicted molar refractivity (Wildman–Crippen MR) is 126 cm³/mol. The van der Waals surface area contributed by atoms with Crippen LogP contribution in [0.1, 0.15) is 36.4 Å². The lowest BCUT2D eigenvalue weighted by atomic mass is 10.1. The van der Waals surface area contributed by atoms with Crippen LogP contribution in [0.4, 0.5) is 13.2 Å². The second kappa shape index (κ2) is 12.6. The van der Waals surface area contributed by atoms with Crippen molar-refractivity contribution in [2.75, 3.05) is 19.8 Å². The number of hydrogen-bond donors (Lipinski definition) is 0. The van der Waals surface area contributed by atoms with E-state index in [2.05, 4.69) is 9.97 Å². The smallest absolute Gasteiger partial charge is 0.433 e. The summed E-state index contributed by atoms with van der Waals surface area (Å²) in [5.41, 5.74) is -0.0158. The van der Waals surface area contributed by atoms with Gasteiger partial charge in [-0.2, -0.15) is 13.2 Å². The number of carbonyl (C=O) groups excluding carboxylic acids is 1. The van der Waals surface area contributed by atoms with E-state index in [0.717, 1.165) is 35.5 Å². The van der Waals surface area contributed by atoms with Crippen molar-refractivity contribution in [3.05, 3.63) is 64.8 Å². The van der Waals surface area contributed by atoms with Crippen molar-refractivity contribution in [2.45, 2.75) is 45.4 Å². The van der Waals surface area contributed by atoms with E-state index < -0.39 is 18.0 Å². The van der Waals surface area contributed by atoms with Crippen LogP contribution in [0.3, 0.4) is 0 Å². The Hall–Kier alpha value is -2.98. The number of rotatable bonds is 12. The topological polar surface area (TPSA) is 70.5 Å². The van der Waals surface area contributed by atoms with Gasteiger partial charge in [-0.3, -0.25) is 0 Å². The maximum absolute atomic E-state index is 12.9. The number of halogens is 3. The van der Waals surface area contributed by atoms with Gasteiger partial charge in [0.15, 0.2) is 11.9 Å². The number of ether oxygens (including phenoxy) is 3. The fourth-order valence-electron chi connectivity index (χ4n) is 3.29. The molecule has 0 fully saturated rings. The lowest BCUT2D eigenvalue weighted by Gasteiger charge is -2.15. The van der Waals surface area contributed by atoms with Crippen LogP contribution in [0, 0.1) is 0 Å². The molecule has 6 nitrogen and oxygen atoms in total. The fraction of sp³-hybridized carbons (Fsp3) is 0.400. The maximum atomic E-state index is 12.9. The first kappa shape index (κ1) is 26.6. The molecule has 0 saturated heterocycles. The minimum absolute atomic E-state index is 0.0712. The van der Waals surface area contributed by atoms with Crippen LogP contribution in [-0.2, 0) is 33.3 Å². The molecule has 0 amide bonds. The predicted octanol–water partition coefficient (Wildman–Crippen LogP) is 5.75. The van der Waals surface area contributed by atoms with Gasteiger partial charge in [0.1, 0.15) is 11.4 Å². The highest BCUT2D eigenvalue weighted by Gasteiger charge is 2.33. The second-order valence-electron chi connectivity index (χ2n) is 7.53. The fourth-order valence-corrected chi connectivity index (χ4v) is 4.28. The summed E-state index contributed by atoms with van der Waals surface area (Å²) in [6, 6.07) is 11.9. The van der Waals surface area contributed by atoms with Gasteiger partial charge >= 0.3 is 12.1 Å². The molecule has 0 spiro atoms. The summed E-state index contributed by atoms with van der Waals surface area (Å²) in [6.45, 7) is 4.80. The Morgan fingerprint density at radius 2 is 1.83 bits per heavy atom. The molecule has 2 aromatic heterocycles. The number of hydrogen-bond acceptors (Lipinski definition) is 7. The van der Waals surface area contributed by atoms with E-state index in [1.54, 1.807) is 13.0 Å². The van der Waals surface area contributed by atoms with E-state index in [-0.39, 0.29) is 11.8 Å². The zero-order valence-electron chi connectivity index (χ0n) is 19.5. The summed E-state index contributed by atoms with van der Waals surface area (Å²) >= 11 is 1.37. The third kappa shape index (κ3) is 8.03. The van der Waals surface area contributed by atoms with Crippen molar-refractivity contribution in [1.82, 2.24) is 9.97 Å². The van der Waals surface area contributed by atoms with Gasteiger partial charge < -0.3 is 14.2 Å². The van der Waals surface area contributed by atoms with Crippen molar-refractivity contribution in [3.8, 4) is 16.5 Å². The minimum atomic E-state index is -4.50. The molecular weight excluding hydrogens is 481 g/mol. The quantitative estimate of drug-likeness (QED) is 0.229. The van der Waals surface area contributed by atoms with Crippen LogP contribution in [0.2, 0.25) is 0 Å². The summed E-state index contributed by atoms with van der Waals surface area (Å²) in [5.74, 6) is 0.412. The number of thiophene rings is 1. The Morgan fingerprint density at radius 1 is 1.06 bits per heavy atom. The molecule has 35 heavy (non-hydrogen) atoms. The van der Waals surface area contributed by atoms with Crippen molar-refractivity contribution in [3.63, 3.8) is 0 Å². The highest BCUT2D eigenvalue weighted by atomic mass is 32.1. The van der Waals surface area contributed by atoms with Crippen LogP contribution in [0.5, 0.6) is 5.75 Å². The van der Waals surface area contributed by atoms with Crippen molar-refractivity contribution in [2.24, 2.45) is 0 Å². The van der Waals surface area contributed by atoms with Gasteiger partial charge in [0, 0.05) is 24.1 Å². The molecule has 3 aromatic rings. The van der Waals surface area contributed by atoms with Crippen LogP contribution in [-0.4, -0.2) is 41.9 Å². The van der Waals surface area contributed by atoms with Crippen LogP contribution >= 0.6 is 11.3 Å². The Bertz CT molecular complexity index is 1090. The summed E-state index contributed by atoms with van der Waals surface area (Å²) in [4.78, 5) is 21.2. The summed E-state index contributed by atoms with van der Waals surface area (Å²) in [6.07, 6.45) is -2.14. The largest absolute Gasteiger partial charge is 0.494 e. The molecule has 0 saturated carbocycles. The van der Waals surface area contributed by atoms with E-state index in [4.69, 9.17) is 14.2 Å². The number of carbonyl (C=O) groups is 1. The Balaban J connectivity index is 1.47. The summed E-state index contributed by atoms with van der Waals surface area (Å²) < 4.78 is 55.0. The first-order valence-corrected chi connectivity index (χ1v) is 12.1. The molecule has 188 valence electrons. The molecule has 0 aliphatic rings. The second-order valence-corrected chi connectivity index (χ2v) is 8.69. The molecule has 0 aliphatic carbocycles. The van der Waals surface area contributed by atoms with Gasteiger partial charge in [0.05, 0.1) is 18.1 Å². The molecule has 3 rings (SSSR count). The molecule has 0 N–H and O–H groups in total. The van der Waals surface area contributed by atoms with E-state index >= 15 is 0 Å². The average Bonchev–Trinajstić information content (AvgIpc) is 3.31. The molecule has 0 radical (unpaired) electrons. The number of esters is 1. The van der Waals surface area contributed by atoms with E-state index in [0.29, 0.717) is 36.9 Å². The number of benzene rings is 1. The van der Waals surface area contributed by atoms with Gasteiger partial charge in [0.2, 0.25) is 0 Å². The van der Waals surface area contributed by atoms with Crippen molar-refractivity contribution < 1.29 is 32.2 Å². The Morgan fingerprint density at radius 3 is 2.51 bits per heavy atom. The lowest BCUT2D eigenvalue weighted by Crippen LogP contribution is -2.28. The van der Waals surface area contributed by atoms with Gasteiger partial charge in [-0.25, -0.2) is 14.8 Å². The minimum Gasteiger partial charge on any atom is -0.494 e. The molecule has 1 atom stereocenters. The number of alkyl halides is 3. The normalized spacial score (nSPS) is 12.4. The average molecular weight is 509 g/mol. The van der Waals surface area contributed by atoms with Gasteiger partial charge in [0.25, 0.3) is 0 Å². The summed E-state index contributed by atoms with van der Waals surface area (Å²) in [5, 5.41) is 0. The number of aromatic nitrogens is 2. The van der Waals surface area contributed by atoms with Crippen LogP contribution in [0.15, 0.2) is 48.7 Å². The van der Waals surface area contributed by atoms with Gasteiger partial charge in [-0.05, 0) is 62.6 Å². The third-order valence-electron chi connectivity index (χ3n) is 4.93. The van der Waals surface area contributed by atoms with Crippen LogP contribution < -0.4 is 4.74 Å². The first-order valence-electron chi connectivity index (χ1n) is 11.3. The number of nitrogens with zero attached hydrogens (tertiary/aromatic N) is 2. The van der Waals surface area contributed by atoms with E-state index in [1.807, 2.05) is 37.3 Å². The first-order chi connectivity index (χ1) is 16.8. The molecule has 1 unspecified atom stereocenters. The summed E-state index contributed by atoms with van der Waals surface area (Å²) in [7, 11) is 0. The van der Waals surface area contributed by atoms with Gasteiger partial charge in [-0.1, -0.05) is 12.1 Å². The Kier molecular flexibility index (Phi) is 9.62. The lowest BCUT2D eigenvalue weighted by molar-refractivity contribution is -0.156. The third-order valence-corrected chi connectivity index (χ3v) is 6.07. The monoisotopic (exact) mass is 508 g/mol. The van der Waals surface area contributed by atoms with E-state index in [9.17, 15) is 18.0 Å². The Labute approximate surface area is 206 Å². The molecular formula is C25H27F3N2O4S. The highest BCUT2D eigenvalue weighted by molar-refractivity contribution is 7.15. The molecule has 2 heterocycles. The van der Waals surface area contributed by atoms with Gasteiger partial charge in [-0.15, -0.1) is 11.3 Å². The highest BCUT2D eigenvalue weighted by Crippen LogP contribution is 2.31. The molecule has 0 aliphatic heterocycles. The maximum Gasteiger partial charge on any atom is 0.433 e. The zero-order chi connectivity index (χ0) is 25.3. The zero-order valence-corrected chi connectivity index (χ0v) is 20.3. The standard InChI is InChI=1S/C25H27F3N2O4S/c1-3-32-20(24(31)33-4-2)16-17-7-9-18(10-8-17)34-15-5-6-19-11-12-21(35-19)23-29-14-13-22(30-23)25(26,27)28/h7-14,20H,3-6,15-16H2,1-2H3. The van der Waals surface area contributed by atoms with Crippen molar-refractivity contribution >= 4 is 17.3 Å². The van der Waals surface area contributed by atoms with Crippen LogP contribution in [0.25, 0.3) is 10.7 Å². The number of aryl methyl sites for hydroxylation is 1. The molecule has 10 heteroatoms.